The Kier molecular flexibility index (Phi) is 9.09. The Labute approximate surface area is 289 Å². The van der Waals surface area contributed by atoms with Gasteiger partial charge in [0.1, 0.15) is 13.2 Å². The standard InChI is InChI=1S/C43H46N2O4/c46-41(48-27-39-35-13-5-1-9-31(35)32-10-2-6-14-36(32)39)43(30-20-25-45-26-21-30,22-17-29-18-23-44-24-19-29)42(47)49-28-40-37-15-7-3-11-33(37)34-12-4-8-16-38(34)40/h1-16,29-30,39-40,44-45H,17-28H2. The van der Waals surface area contributed by atoms with Crippen LogP contribution in [0.5, 0.6) is 0 Å². The maximum Gasteiger partial charge on any atom is 0.323 e. The second-order valence-electron chi connectivity index (χ2n) is 14.4. The molecule has 0 bridgehead atoms. The fraction of sp³-hybridized carbons (Fsp3) is 0.395. The van der Waals surface area contributed by atoms with Gasteiger partial charge in [-0.2, -0.15) is 0 Å². The Morgan fingerprint density at radius 1 is 0.551 bits per heavy atom. The predicted molar refractivity (Wildman–Crippen MR) is 192 cm³/mol. The number of ether oxygens (including phenoxy) is 2. The summed E-state index contributed by atoms with van der Waals surface area (Å²) in [5, 5.41) is 6.92. The van der Waals surface area contributed by atoms with E-state index in [2.05, 4.69) is 108 Å². The minimum Gasteiger partial charge on any atom is -0.464 e. The number of carbonyl (C=O) groups is 2. The second kappa shape index (κ2) is 13.9. The minimum atomic E-state index is -1.36. The van der Waals surface area contributed by atoms with Crippen molar-refractivity contribution < 1.29 is 19.1 Å². The molecule has 252 valence electrons. The van der Waals surface area contributed by atoms with E-state index in [1.807, 2.05) is 0 Å². The average molecular weight is 655 g/mol. The van der Waals surface area contributed by atoms with Crippen LogP contribution in [-0.4, -0.2) is 51.3 Å². The van der Waals surface area contributed by atoms with Crippen LogP contribution in [0.3, 0.4) is 0 Å². The highest BCUT2D eigenvalue weighted by Gasteiger charge is 2.55. The molecule has 0 atom stereocenters. The topological polar surface area (TPSA) is 76.7 Å². The molecule has 0 radical (unpaired) electrons. The van der Waals surface area contributed by atoms with Crippen LogP contribution in [-0.2, 0) is 19.1 Å². The lowest BCUT2D eigenvalue weighted by molar-refractivity contribution is -0.180. The number of esters is 2. The lowest BCUT2D eigenvalue weighted by Gasteiger charge is -2.40. The van der Waals surface area contributed by atoms with Gasteiger partial charge < -0.3 is 20.1 Å². The monoisotopic (exact) mass is 654 g/mol. The zero-order chi connectivity index (χ0) is 33.2. The molecule has 6 heteroatoms. The number of carbonyl (C=O) groups excluding carboxylic acids is 2. The zero-order valence-corrected chi connectivity index (χ0v) is 28.2. The highest BCUT2D eigenvalue weighted by molar-refractivity contribution is 6.00. The molecule has 0 aromatic heterocycles. The molecule has 8 rings (SSSR count). The van der Waals surface area contributed by atoms with Crippen LogP contribution in [0.25, 0.3) is 22.3 Å². The Hall–Kier alpha value is -4.26. The first kappa shape index (κ1) is 32.0. The highest BCUT2D eigenvalue weighted by Crippen LogP contribution is 2.48. The van der Waals surface area contributed by atoms with Gasteiger partial charge in [0.05, 0.1) is 0 Å². The molecule has 2 N–H and O–H groups in total. The van der Waals surface area contributed by atoms with Crippen LogP contribution in [0.2, 0.25) is 0 Å². The fourth-order valence-corrected chi connectivity index (χ4v) is 9.20. The lowest BCUT2D eigenvalue weighted by atomic mass is 9.67. The maximum absolute atomic E-state index is 14.9. The molecule has 4 aromatic carbocycles. The lowest BCUT2D eigenvalue weighted by Crippen LogP contribution is -2.51. The van der Waals surface area contributed by atoms with Crippen molar-refractivity contribution in [1.29, 1.82) is 0 Å². The first-order chi connectivity index (χ1) is 24.1. The summed E-state index contributed by atoms with van der Waals surface area (Å²) in [5.74, 6) is -0.658. The van der Waals surface area contributed by atoms with Gasteiger partial charge in [0.15, 0.2) is 5.41 Å². The minimum absolute atomic E-state index is 0.0750. The average Bonchev–Trinajstić information content (AvgIpc) is 3.66. The molecule has 2 saturated heterocycles. The number of hydrogen-bond acceptors (Lipinski definition) is 6. The summed E-state index contributed by atoms with van der Waals surface area (Å²) in [4.78, 5) is 29.8. The van der Waals surface area contributed by atoms with Crippen molar-refractivity contribution in [2.45, 2.75) is 50.4 Å². The fourth-order valence-electron chi connectivity index (χ4n) is 9.20. The summed E-state index contributed by atoms with van der Waals surface area (Å²) in [5.41, 5.74) is 8.05. The van der Waals surface area contributed by atoms with Crippen LogP contribution >= 0.6 is 0 Å². The molecule has 0 saturated carbocycles. The number of fused-ring (bicyclic) bond motifs is 6. The molecule has 2 fully saturated rings. The molecule has 4 aromatic rings. The Bertz CT molecular complexity index is 1620. The highest BCUT2D eigenvalue weighted by atomic mass is 16.6. The molecule has 2 heterocycles. The number of piperidine rings is 2. The summed E-state index contributed by atoms with van der Waals surface area (Å²) in [7, 11) is 0. The number of hydrogen-bond donors (Lipinski definition) is 2. The SMILES string of the molecule is O=C(OCC1c2ccccc2-c2ccccc21)C(CCC1CCNCC1)(C(=O)OCC1c2ccccc2-c2ccccc21)C1CCNCC1. The van der Waals surface area contributed by atoms with Crippen LogP contribution < -0.4 is 10.6 Å². The zero-order valence-electron chi connectivity index (χ0n) is 28.2. The molecule has 0 spiro atoms. The van der Waals surface area contributed by atoms with Gasteiger partial charge in [0.2, 0.25) is 0 Å². The molecule has 2 aliphatic carbocycles. The van der Waals surface area contributed by atoms with E-state index >= 15 is 0 Å². The molecule has 0 amide bonds. The predicted octanol–water partition coefficient (Wildman–Crippen LogP) is 7.46. The van der Waals surface area contributed by atoms with Crippen molar-refractivity contribution in [3.05, 3.63) is 119 Å². The molecule has 2 aliphatic heterocycles. The van der Waals surface area contributed by atoms with Crippen molar-refractivity contribution in [1.82, 2.24) is 10.6 Å². The number of rotatable bonds is 10. The Morgan fingerprint density at radius 2 is 0.918 bits per heavy atom. The third-order valence-corrected chi connectivity index (χ3v) is 11.9. The van der Waals surface area contributed by atoms with Gasteiger partial charge in [-0.3, -0.25) is 9.59 Å². The van der Waals surface area contributed by atoms with Gasteiger partial charge in [-0.25, -0.2) is 0 Å². The van der Waals surface area contributed by atoms with Gasteiger partial charge in [-0.15, -0.1) is 0 Å². The molecular formula is C43H46N2O4. The van der Waals surface area contributed by atoms with Crippen LogP contribution in [0, 0.1) is 17.3 Å². The summed E-state index contributed by atoms with van der Waals surface area (Å²) in [6.45, 7) is 3.88. The first-order valence-corrected chi connectivity index (χ1v) is 18.3. The quantitative estimate of drug-likeness (QED) is 0.137. The third kappa shape index (κ3) is 5.89. The summed E-state index contributed by atoms with van der Waals surface area (Å²) in [6.07, 6.45) is 4.84. The number of benzene rings is 4. The van der Waals surface area contributed by atoms with E-state index in [4.69, 9.17) is 9.47 Å². The summed E-state index contributed by atoms with van der Waals surface area (Å²) < 4.78 is 12.9. The summed E-state index contributed by atoms with van der Waals surface area (Å²) in [6, 6.07) is 33.6. The first-order valence-electron chi connectivity index (χ1n) is 18.3. The smallest absolute Gasteiger partial charge is 0.323 e. The van der Waals surface area contributed by atoms with E-state index in [0.29, 0.717) is 12.3 Å². The van der Waals surface area contributed by atoms with Crippen molar-refractivity contribution in [2.24, 2.45) is 17.3 Å². The van der Waals surface area contributed by atoms with E-state index in [0.717, 1.165) is 58.3 Å². The van der Waals surface area contributed by atoms with E-state index in [-0.39, 0.29) is 31.0 Å². The van der Waals surface area contributed by atoms with E-state index in [1.165, 1.54) is 44.5 Å². The molecule has 4 aliphatic rings. The van der Waals surface area contributed by atoms with Gasteiger partial charge in [0.25, 0.3) is 0 Å². The second-order valence-corrected chi connectivity index (χ2v) is 14.4. The van der Waals surface area contributed by atoms with E-state index < -0.39 is 17.4 Å². The van der Waals surface area contributed by atoms with Crippen LogP contribution in [0.1, 0.15) is 72.6 Å². The van der Waals surface area contributed by atoms with Crippen molar-refractivity contribution in [2.75, 3.05) is 39.4 Å². The van der Waals surface area contributed by atoms with E-state index in [1.54, 1.807) is 0 Å². The van der Waals surface area contributed by atoms with Gasteiger partial charge in [-0.1, -0.05) is 97.1 Å². The molecule has 0 unspecified atom stereocenters. The third-order valence-electron chi connectivity index (χ3n) is 11.9. The van der Waals surface area contributed by atoms with Gasteiger partial charge in [-0.05, 0) is 121 Å². The molecule has 6 nitrogen and oxygen atoms in total. The summed E-state index contributed by atoms with van der Waals surface area (Å²) >= 11 is 0. The molecule has 49 heavy (non-hydrogen) atoms. The van der Waals surface area contributed by atoms with Crippen LogP contribution in [0.4, 0.5) is 0 Å². The van der Waals surface area contributed by atoms with Crippen molar-refractivity contribution in [3.8, 4) is 22.3 Å². The van der Waals surface area contributed by atoms with Gasteiger partial charge >= 0.3 is 11.9 Å². The Morgan fingerprint density at radius 3 is 1.33 bits per heavy atom. The van der Waals surface area contributed by atoms with Crippen molar-refractivity contribution >= 4 is 11.9 Å². The van der Waals surface area contributed by atoms with E-state index in [9.17, 15) is 9.59 Å². The molecular weight excluding hydrogens is 608 g/mol. The van der Waals surface area contributed by atoms with Gasteiger partial charge in [0, 0.05) is 11.8 Å². The Balaban J connectivity index is 1.10. The normalized spacial score (nSPS) is 18.0. The number of nitrogens with one attached hydrogen (secondary N) is 2. The maximum atomic E-state index is 14.9. The largest absolute Gasteiger partial charge is 0.464 e. The van der Waals surface area contributed by atoms with Crippen LogP contribution in [0.15, 0.2) is 97.1 Å². The van der Waals surface area contributed by atoms with Crippen molar-refractivity contribution in [3.63, 3.8) is 0 Å².